The predicted octanol–water partition coefficient (Wildman–Crippen LogP) is 6.74. The number of hydrogen-bond acceptors (Lipinski definition) is 3. The van der Waals surface area contributed by atoms with Gasteiger partial charge >= 0.3 is 0 Å². The monoisotopic (exact) mass is 387 g/mol. The Balaban J connectivity index is 1.29. The molecule has 1 radical (unpaired) electrons. The molecular formula is C26H31N2O. The van der Waals surface area contributed by atoms with Crippen molar-refractivity contribution in [1.82, 2.24) is 10.1 Å². The molecule has 0 unspecified atom stereocenters. The maximum Gasteiger partial charge on any atom is 0.226 e. The fourth-order valence-corrected chi connectivity index (χ4v) is 4.38. The lowest BCUT2D eigenvalue weighted by Gasteiger charge is -2.28. The lowest BCUT2D eigenvalue weighted by molar-refractivity contribution is 0.295. The van der Waals surface area contributed by atoms with Crippen molar-refractivity contribution in [2.24, 2.45) is 5.92 Å². The van der Waals surface area contributed by atoms with Gasteiger partial charge in [0.15, 0.2) is 0 Å². The Kier molecular flexibility index (Phi) is 5.84. The number of aromatic nitrogens is 2. The molecule has 151 valence electrons. The molecule has 4 rings (SSSR count). The largest absolute Gasteiger partial charge is 0.339 e. The second kappa shape index (κ2) is 8.52. The third kappa shape index (κ3) is 4.95. The molecule has 1 fully saturated rings. The first-order valence-corrected chi connectivity index (χ1v) is 10.9. The van der Waals surface area contributed by atoms with Gasteiger partial charge in [0.05, 0.1) is 0 Å². The van der Waals surface area contributed by atoms with Crippen LogP contribution in [0.25, 0.3) is 11.4 Å². The lowest BCUT2D eigenvalue weighted by Crippen LogP contribution is -2.14. The molecule has 3 heteroatoms. The molecule has 1 aliphatic carbocycles. The van der Waals surface area contributed by atoms with Crippen molar-refractivity contribution < 1.29 is 4.52 Å². The zero-order valence-electron chi connectivity index (χ0n) is 17.8. The van der Waals surface area contributed by atoms with Crippen LogP contribution in [-0.2, 0) is 11.8 Å². The van der Waals surface area contributed by atoms with Crippen LogP contribution in [0.2, 0.25) is 0 Å². The van der Waals surface area contributed by atoms with E-state index in [9.17, 15) is 0 Å². The van der Waals surface area contributed by atoms with Crippen LogP contribution in [0.1, 0.15) is 75.8 Å². The molecule has 3 aromatic rings. The maximum atomic E-state index is 5.53. The third-order valence-electron chi connectivity index (χ3n) is 6.31. The molecule has 1 heterocycles. The van der Waals surface area contributed by atoms with Crippen molar-refractivity contribution in [3.05, 3.63) is 71.6 Å². The number of aryl methyl sites for hydroxylation is 1. The van der Waals surface area contributed by atoms with Crippen LogP contribution in [0.4, 0.5) is 0 Å². The van der Waals surface area contributed by atoms with Crippen LogP contribution >= 0.6 is 0 Å². The van der Waals surface area contributed by atoms with Crippen LogP contribution in [0.15, 0.2) is 53.1 Å². The molecular weight excluding hydrogens is 356 g/mol. The molecule has 2 aromatic carbocycles. The first-order valence-electron chi connectivity index (χ1n) is 10.9. The van der Waals surface area contributed by atoms with E-state index < -0.39 is 0 Å². The van der Waals surface area contributed by atoms with Gasteiger partial charge in [-0.3, -0.25) is 0 Å². The predicted molar refractivity (Wildman–Crippen MR) is 117 cm³/mol. The fraction of sp³-hybridized carbons (Fsp3) is 0.462. The summed E-state index contributed by atoms with van der Waals surface area (Å²) >= 11 is 0. The minimum absolute atomic E-state index is 0.152. The van der Waals surface area contributed by atoms with Crippen molar-refractivity contribution >= 4 is 0 Å². The van der Waals surface area contributed by atoms with Gasteiger partial charge in [-0.15, -0.1) is 0 Å². The molecule has 0 saturated heterocycles. The highest BCUT2D eigenvalue weighted by atomic mass is 16.5. The molecule has 3 nitrogen and oxygen atoms in total. The summed E-state index contributed by atoms with van der Waals surface area (Å²) in [6, 6.07) is 20.1. The van der Waals surface area contributed by atoms with E-state index in [1.165, 1.54) is 36.8 Å². The Morgan fingerprint density at radius 3 is 2.31 bits per heavy atom. The molecule has 0 atom stereocenters. The molecule has 0 N–H and O–H groups in total. The number of benzene rings is 2. The normalized spacial score (nSPS) is 20.0. The smallest absolute Gasteiger partial charge is 0.226 e. The van der Waals surface area contributed by atoms with E-state index in [4.69, 9.17) is 4.52 Å². The lowest BCUT2D eigenvalue weighted by atomic mass is 9.77. The van der Waals surface area contributed by atoms with Gasteiger partial charge in [-0.1, -0.05) is 74.5 Å². The fourth-order valence-electron chi connectivity index (χ4n) is 4.38. The maximum absolute atomic E-state index is 5.53. The summed E-state index contributed by atoms with van der Waals surface area (Å²) in [5.74, 6) is 2.94. The van der Waals surface area contributed by atoms with Crippen molar-refractivity contribution in [1.29, 1.82) is 0 Å². The molecule has 1 aliphatic rings. The summed E-state index contributed by atoms with van der Waals surface area (Å²) in [5.41, 5.74) is 3.96. The SMILES string of the molecule is CC(C)(C)c1ccc(-c2noc(CCC3CCC(c4cc[c]cc4)CC3)n2)cc1. The molecule has 0 aliphatic heterocycles. The van der Waals surface area contributed by atoms with Crippen molar-refractivity contribution in [2.45, 2.75) is 70.6 Å². The minimum Gasteiger partial charge on any atom is -0.339 e. The van der Waals surface area contributed by atoms with E-state index in [1.54, 1.807) is 0 Å². The van der Waals surface area contributed by atoms with E-state index in [0.29, 0.717) is 11.7 Å². The first kappa shape index (κ1) is 19.9. The van der Waals surface area contributed by atoms with Crippen LogP contribution in [-0.4, -0.2) is 10.1 Å². The van der Waals surface area contributed by atoms with E-state index in [-0.39, 0.29) is 5.41 Å². The number of rotatable bonds is 5. The standard InChI is InChI=1S/C26H31N2O/c1-26(2,3)23-16-14-22(15-17-23)25-27-24(29-28-25)18-11-19-9-12-21(13-10-19)20-7-5-4-6-8-20/h5-8,14-17,19,21H,9-13,18H2,1-3H3. The summed E-state index contributed by atoms with van der Waals surface area (Å²) in [5, 5.41) is 4.20. The molecule has 1 aromatic heterocycles. The van der Waals surface area contributed by atoms with Crippen LogP contribution in [0, 0.1) is 12.0 Å². The molecule has 0 spiro atoms. The second-order valence-corrected chi connectivity index (χ2v) is 9.43. The van der Waals surface area contributed by atoms with Crippen LogP contribution in [0.5, 0.6) is 0 Å². The summed E-state index contributed by atoms with van der Waals surface area (Å²) in [7, 11) is 0. The summed E-state index contributed by atoms with van der Waals surface area (Å²) in [6.07, 6.45) is 7.16. The van der Waals surface area contributed by atoms with E-state index in [2.05, 4.69) is 73.4 Å². The van der Waals surface area contributed by atoms with Gasteiger partial charge in [0.1, 0.15) is 0 Å². The molecule has 0 bridgehead atoms. The first-order chi connectivity index (χ1) is 14.0. The highest BCUT2D eigenvalue weighted by Crippen LogP contribution is 2.37. The average molecular weight is 388 g/mol. The van der Waals surface area contributed by atoms with E-state index in [1.807, 2.05) is 12.1 Å². The number of hydrogen-bond donors (Lipinski definition) is 0. The van der Waals surface area contributed by atoms with Gasteiger partial charge in [0, 0.05) is 12.0 Å². The Morgan fingerprint density at radius 1 is 0.966 bits per heavy atom. The van der Waals surface area contributed by atoms with E-state index >= 15 is 0 Å². The van der Waals surface area contributed by atoms with Gasteiger partial charge in [-0.05, 0) is 66.5 Å². The Bertz CT molecular complexity index is 898. The van der Waals surface area contributed by atoms with E-state index in [0.717, 1.165) is 30.2 Å². The third-order valence-corrected chi connectivity index (χ3v) is 6.31. The minimum atomic E-state index is 0.152. The topological polar surface area (TPSA) is 38.9 Å². The zero-order valence-corrected chi connectivity index (χ0v) is 17.8. The molecule has 0 amide bonds. The van der Waals surface area contributed by atoms with Crippen molar-refractivity contribution in [2.75, 3.05) is 0 Å². The average Bonchev–Trinajstić information content (AvgIpc) is 3.22. The second-order valence-electron chi connectivity index (χ2n) is 9.43. The van der Waals surface area contributed by atoms with Crippen LogP contribution in [0.3, 0.4) is 0 Å². The Labute approximate surface area is 174 Å². The number of nitrogens with zero attached hydrogens (tertiary/aromatic N) is 2. The van der Waals surface area contributed by atoms with Gasteiger partial charge < -0.3 is 4.52 Å². The highest BCUT2D eigenvalue weighted by molar-refractivity contribution is 5.55. The zero-order chi connectivity index (χ0) is 20.3. The summed E-state index contributed by atoms with van der Waals surface area (Å²) in [4.78, 5) is 4.64. The summed E-state index contributed by atoms with van der Waals surface area (Å²) < 4.78 is 5.53. The molecule has 1 saturated carbocycles. The van der Waals surface area contributed by atoms with Gasteiger partial charge in [-0.25, -0.2) is 0 Å². The van der Waals surface area contributed by atoms with Crippen molar-refractivity contribution in [3.63, 3.8) is 0 Å². The van der Waals surface area contributed by atoms with Gasteiger partial charge in [-0.2, -0.15) is 4.98 Å². The molecule has 29 heavy (non-hydrogen) atoms. The quantitative estimate of drug-likeness (QED) is 0.486. The Morgan fingerprint density at radius 2 is 1.66 bits per heavy atom. The Hall–Kier alpha value is -2.42. The van der Waals surface area contributed by atoms with Gasteiger partial charge in [0.2, 0.25) is 11.7 Å². The van der Waals surface area contributed by atoms with Gasteiger partial charge in [0.25, 0.3) is 0 Å². The summed E-state index contributed by atoms with van der Waals surface area (Å²) in [6.45, 7) is 6.67. The highest BCUT2D eigenvalue weighted by Gasteiger charge is 2.23. The van der Waals surface area contributed by atoms with Crippen LogP contribution < -0.4 is 0 Å². The van der Waals surface area contributed by atoms with Crippen molar-refractivity contribution in [3.8, 4) is 11.4 Å².